The molecule has 4 heteroatoms. The Balaban J connectivity index is 2.04. The average Bonchev–Trinajstić information content (AvgIpc) is 2.75. The summed E-state index contributed by atoms with van der Waals surface area (Å²) in [5, 5.41) is 0. The Kier molecular flexibility index (Phi) is 2.93. The number of aromatic nitrogens is 2. The lowest BCUT2D eigenvalue weighted by Gasteiger charge is -2.23. The summed E-state index contributed by atoms with van der Waals surface area (Å²) in [4.78, 5) is 4.53. The average molecular weight is 342 g/mol. The molecule has 1 aliphatic carbocycles. The van der Waals surface area contributed by atoms with Crippen molar-refractivity contribution in [2.75, 3.05) is 0 Å². The summed E-state index contributed by atoms with van der Waals surface area (Å²) in [5.41, 5.74) is 2.91. The predicted octanol–water partition coefficient (Wildman–Crippen LogP) is 3.61. The summed E-state index contributed by atoms with van der Waals surface area (Å²) in [6.07, 6.45) is 3.63. The molecule has 2 aromatic rings. The molecule has 1 atom stereocenters. The molecule has 3 rings (SSSR count). The van der Waals surface area contributed by atoms with Crippen LogP contribution in [-0.2, 0) is 6.42 Å². The van der Waals surface area contributed by atoms with Crippen LogP contribution in [0.25, 0.3) is 0 Å². The molecule has 1 aliphatic rings. The second kappa shape index (κ2) is 4.41. The normalized spacial score (nSPS) is 19.4. The van der Waals surface area contributed by atoms with Crippen molar-refractivity contribution < 1.29 is 0 Å². The first-order valence-corrected chi connectivity index (χ1v) is 7.27. The third-order valence-corrected chi connectivity index (χ3v) is 4.45. The van der Waals surface area contributed by atoms with Gasteiger partial charge in [0, 0.05) is 5.92 Å². The van der Waals surface area contributed by atoms with Crippen molar-refractivity contribution in [2.24, 2.45) is 0 Å². The van der Waals surface area contributed by atoms with Gasteiger partial charge in [-0.25, -0.2) is 4.98 Å². The van der Waals surface area contributed by atoms with Gasteiger partial charge in [-0.2, -0.15) is 4.37 Å². The molecular weight excluding hydrogens is 331 g/mol. The number of nitrogens with zero attached hydrogens (tertiary/aromatic N) is 2. The minimum Gasteiger partial charge on any atom is -0.213 e. The van der Waals surface area contributed by atoms with Crippen molar-refractivity contribution >= 4 is 34.1 Å². The monoisotopic (exact) mass is 342 g/mol. The summed E-state index contributed by atoms with van der Waals surface area (Å²) in [6.45, 7) is 0. The van der Waals surface area contributed by atoms with Crippen LogP contribution >= 0.6 is 34.1 Å². The second-order valence-electron chi connectivity index (χ2n) is 4.05. The summed E-state index contributed by atoms with van der Waals surface area (Å²) in [7, 11) is 0. The first-order chi connectivity index (χ1) is 7.84. The molecule has 1 aromatic carbocycles. The van der Waals surface area contributed by atoms with E-state index in [4.69, 9.17) is 0 Å². The molecule has 0 saturated heterocycles. The van der Waals surface area contributed by atoms with Gasteiger partial charge in [-0.3, -0.25) is 0 Å². The minimum absolute atomic E-state index is 0.421. The van der Waals surface area contributed by atoms with E-state index in [0.29, 0.717) is 5.92 Å². The molecule has 0 fully saturated rings. The Morgan fingerprint density at radius 1 is 1.31 bits per heavy atom. The molecule has 1 heterocycles. The van der Waals surface area contributed by atoms with Gasteiger partial charge >= 0.3 is 0 Å². The van der Waals surface area contributed by atoms with E-state index in [1.165, 1.54) is 41.9 Å². The largest absolute Gasteiger partial charge is 0.213 e. The molecule has 0 N–H and O–H groups in total. The second-order valence-corrected chi connectivity index (χ2v) is 6.55. The molecule has 0 amide bonds. The van der Waals surface area contributed by atoms with E-state index in [1.54, 1.807) is 0 Å². The molecular formula is C12H11IN2S. The highest BCUT2D eigenvalue weighted by atomic mass is 127. The number of aryl methyl sites for hydroxylation is 1. The van der Waals surface area contributed by atoms with Crippen molar-refractivity contribution in [1.29, 1.82) is 0 Å². The number of fused-ring (bicyclic) bond motifs is 1. The van der Waals surface area contributed by atoms with E-state index in [1.807, 2.05) is 0 Å². The lowest BCUT2D eigenvalue weighted by atomic mass is 9.82. The van der Waals surface area contributed by atoms with Crippen LogP contribution in [-0.4, -0.2) is 9.36 Å². The van der Waals surface area contributed by atoms with Crippen LogP contribution in [0, 0.1) is 3.01 Å². The summed E-state index contributed by atoms with van der Waals surface area (Å²) < 4.78 is 5.50. The molecule has 1 aromatic heterocycles. The predicted molar refractivity (Wildman–Crippen MR) is 73.8 cm³/mol. The van der Waals surface area contributed by atoms with Gasteiger partial charge in [0.1, 0.15) is 0 Å². The van der Waals surface area contributed by atoms with Crippen LogP contribution in [0.3, 0.4) is 0 Å². The minimum atomic E-state index is 0.421. The maximum atomic E-state index is 4.53. The Bertz CT molecular complexity index is 509. The molecule has 82 valence electrons. The lowest BCUT2D eigenvalue weighted by Crippen LogP contribution is -2.12. The van der Waals surface area contributed by atoms with Gasteiger partial charge < -0.3 is 0 Å². The third kappa shape index (κ3) is 1.88. The first kappa shape index (κ1) is 10.7. The molecule has 0 radical (unpaired) electrons. The molecule has 16 heavy (non-hydrogen) atoms. The van der Waals surface area contributed by atoms with E-state index >= 15 is 0 Å². The molecule has 1 unspecified atom stereocenters. The smallest absolute Gasteiger partial charge is 0.173 e. The van der Waals surface area contributed by atoms with E-state index in [9.17, 15) is 0 Å². The number of halogens is 1. The van der Waals surface area contributed by atoms with Gasteiger partial charge in [-0.05, 0) is 64.5 Å². The molecule has 0 saturated carbocycles. The fraction of sp³-hybridized carbons (Fsp3) is 0.333. The quantitative estimate of drug-likeness (QED) is 0.740. The first-order valence-electron chi connectivity index (χ1n) is 5.41. The fourth-order valence-corrected chi connectivity index (χ4v) is 3.39. The SMILES string of the molecule is Ic1nc(C2CCCc3ccccc32)ns1. The fourth-order valence-electron chi connectivity index (χ4n) is 2.38. The zero-order valence-electron chi connectivity index (χ0n) is 8.69. The Hall–Kier alpha value is -0.490. The van der Waals surface area contributed by atoms with Gasteiger partial charge in [-0.15, -0.1) is 0 Å². The lowest BCUT2D eigenvalue weighted by molar-refractivity contribution is 0.596. The van der Waals surface area contributed by atoms with Crippen molar-refractivity contribution in [2.45, 2.75) is 25.2 Å². The van der Waals surface area contributed by atoms with E-state index in [0.717, 1.165) is 8.84 Å². The number of benzene rings is 1. The zero-order chi connectivity index (χ0) is 11.0. The van der Waals surface area contributed by atoms with Crippen molar-refractivity contribution in [3.63, 3.8) is 0 Å². The van der Waals surface area contributed by atoms with Gasteiger partial charge in [0.25, 0.3) is 0 Å². The highest BCUT2D eigenvalue weighted by Gasteiger charge is 2.24. The van der Waals surface area contributed by atoms with Crippen LogP contribution in [0.4, 0.5) is 0 Å². The maximum Gasteiger partial charge on any atom is 0.173 e. The highest BCUT2D eigenvalue weighted by molar-refractivity contribution is 14.1. The zero-order valence-corrected chi connectivity index (χ0v) is 11.7. The number of hydrogen-bond acceptors (Lipinski definition) is 3. The van der Waals surface area contributed by atoms with Crippen LogP contribution in [0.5, 0.6) is 0 Å². The molecule has 0 aliphatic heterocycles. The van der Waals surface area contributed by atoms with Gasteiger partial charge in [0.05, 0.1) is 0 Å². The Morgan fingerprint density at radius 3 is 3.00 bits per heavy atom. The van der Waals surface area contributed by atoms with Gasteiger partial charge in [0.15, 0.2) is 8.84 Å². The Morgan fingerprint density at radius 2 is 2.19 bits per heavy atom. The maximum absolute atomic E-state index is 4.53. The van der Waals surface area contributed by atoms with Gasteiger partial charge in [-0.1, -0.05) is 24.3 Å². The van der Waals surface area contributed by atoms with E-state index in [-0.39, 0.29) is 0 Å². The van der Waals surface area contributed by atoms with Crippen LogP contribution < -0.4 is 0 Å². The highest BCUT2D eigenvalue weighted by Crippen LogP contribution is 2.35. The summed E-state index contributed by atoms with van der Waals surface area (Å²) in [5.74, 6) is 1.44. The number of rotatable bonds is 1. The Labute approximate surface area is 112 Å². The van der Waals surface area contributed by atoms with Crippen LogP contribution in [0.15, 0.2) is 24.3 Å². The molecule has 0 bridgehead atoms. The topological polar surface area (TPSA) is 25.8 Å². The third-order valence-electron chi connectivity index (χ3n) is 3.10. The van der Waals surface area contributed by atoms with Crippen molar-refractivity contribution in [3.05, 3.63) is 44.2 Å². The van der Waals surface area contributed by atoms with E-state index in [2.05, 4.69) is 56.2 Å². The van der Waals surface area contributed by atoms with Crippen molar-refractivity contribution in [1.82, 2.24) is 9.36 Å². The van der Waals surface area contributed by atoms with Crippen molar-refractivity contribution in [3.8, 4) is 0 Å². The molecule has 2 nitrogen and oxygen atoms in total. The van der Waals surface area contributed by atoms with Gasteiger partial charge in [0.2, 0.25) is 0 Å². The standard InChI is InChI=1S/C12H11IN2S/c13-12-14-11(15-16-12)10-7-3-5-8-4-1-2-6-9(8)10/h1-2,4,6,10H,3,5,7H2. The van der Waals surface area contributed by atoms with E-state index < -0.39 is 0 Å². The van der Waals surface area contributed by atoms with Crippen LogP contribution in [0.2, 0.25) is 0 Å². The van der Waals surface area contributed by atoms with Crippen LogP contribution in [0.1, 0.15) is 35.7 Å². The number of hydrogen-bond donors (Lipinski definition) is 0. The summed E-state index contributed by atoms with van der Waals surface area (Å²) >= 11 is 3.74. The summed E-state index contributed by atoms with van der Waals surface area (Å²) in [6, 6.07) is 8.71. The molecule has 0 spiro atoms.